The third-order valence-corrected chi connectivity index (χ3v) is 8.99. The molecule has 2 aliphatic heterocycles. The van der Waals surface area contributed by atoms with Gasteiger partial charge in [0.25, 0.3) is 0 Å². The summed E-state index contributed by atoms with van der Waals surface area (Å²) in [7, 11) is -4.01. The second kappa shape index (κ2) is 11.4. The van der Waals surface area contributed by atoms with Gasteiger partial charge in [-0.1, -0.05) is 64.5 Å². The number of fused-ring (bicyclic) bond motifs is 2. The summed E-state index contributed by atoms with van der Waals surface area (Å²) >= 11 is 3.34. The highest BCUT2D eigenvalue weighted by Crippen LogP contribution is 2.51. The number of benzene rings is 3. The minimum Gasteiger partial charge on any atom is -0.508 e. The largest absolute Gasteiger partial charge is 0.508 e. The predicted octanol–water partition coefficient (Wildman–Crippen LogP) is 6.28. The van der Waals surface area contributed by atoms with Gasteiger partial charge >= 0.3 is 16.1 Å². The molecule has 1 fully saturated rings. The van der Waals surface area contributed by atoms with E-state index in [1.807, 2.05) is 48.6 Å². The Balaban J connectivity index is 1.44. The van der Waals surface area contributed by atoms with Crippen LogP contribution in [0.4, 0.5) is 0 Å². The number of aliphatic carboxylic acids is 1. The van der Waals surface area contributed by atoms with Crippen LogP contribution in [0.2, 0.25) is 0 Å². The molecule has 2 N–H and O–H groups in total. The topological polar surface area (TPSA) is 110 Å². The molecule has 2 bridgehead atoms. The number of rotatable bonds is 10. The van der Waals surface area contributed by atoms with E-state index in [0.29, 0.717) is 12.8 Å². The highest BCUT2D eigenvalue weighted by atomic mass is 79.9. The number of ether oxygens (including phenoxy) is 1. The predicted molar refractivity (Wildman–Crippen MR) is 153 cm³/mol. The van der Waals surface area contributed by atoms with Crippen molar-refractivity contribution in [3.8, 4) is 11.5 Å². The summed E-state index contributed by atoms with van der Waals surface area (Å²) in [4.78, 5) is 10.7. The fourth-order valence-electron chi connectivity index (χ4n) is 5.04. The zero-order valence-electron chi connectivity index (χ0n) is 20.9. The molecule has 0 unspecified atom stereocenters. The summed E-state index contributed by atoms with van der Waals surface area (Å²) < 4.78 is 39.4. The lowest BCUT2D eigenvalue weighted by Gasteiger charge is -2.24. The normalized spacial score (nSPS) is 20.6. The van der Waals surface area contributed by atoms with Crippen molar-refractivity contribution < 1.29 is 32.3 Å². The quantitative estimate of drug-likeness (QED) is 0.205. The molecule has 0 aromatic heterocycles. The average molecular weight is 612 g/mol. The third kappa shape index (κ3) is 6.11. The first kappa shape index (κ1) is 27.2. The lowest BCUT2D eigenvalue weighted by atomic mass is 9.83. The second-order valence-corrected chi connectivity index (χ2v) is 12.2. The smallest absolute Gasteiger partial charge is 0.315 e. The van der Waals surface area contributed by atoms with Crippen LogP contribution < -0.4 is 4.18 Å². The van der Waals surface area contributed by atoms with Gasteiger partial charge in [-0.2, -0.15) is 8.42 Å². The van der Waals surface area contributed by atoms with Crippen LogP contribution in [-0.2, 0) is 19.6 Å². The summed E-state index contributed by atoms with van der Waals surface area (Å²) in [5.41, 5.74) is 4.36. The van der Waals surface area contributed by atoms with E-state index < -0.39 is 33.5 Å². The average Bonchev–Trinajstić information content (AvgIpc) is 3.50. The van der Waals surface area contributed by atoms with Gasteiger partial charge in [0.2, 0.25) is 0 Å². The van der Waals surface area contributed by atoms with Gasteiger partial charge in [-0.05, 0) is 77.1 Å². The van der Waals surface area contributed by atoms with Crippen molar-refractivity contribution in [2.75, 3.05) is 0 Å². The molecule has 1 saturated heterocycles. The minimum absolute atomic E-state index is 0.135. The summed E-state index contributed by atoms with van der Waals surface area (Å²) in [6, 6.07) is 21.2. The lowest BCUT2D eigenvalue weighted by molar-refractivity contribution is -0.137. The molecule has 2 aliphatic rings. The van der Waals surface area contributed by atoms with Gasteiger partial charge in [-0.25, -0.2) is 0 Å². The summed E-state index contributed by atoms with van der Waals surface area (Å²) in [5.74, 6) is -0.418. The maximum Gasteiger partial charge on any atom is 0.315 e. The standard InChI is InChI=1S/C30H27BrO7S/c31-22-12-16-24(17-13-22)38-39(35,36)26-18-25-28(20-10-14-23(32)15-11-20)29(30(26)37-25)21-8-6-19(7-9-21)4-2-1-3-5-27(33)34/h2,4,6-17,25-26,30,32H,1,3,5,18H2,(H,33,34)/t25-,26-,30+/m0/s1. The van der Waals surface area contributed by atoms with Crippen molar-refractivity contribution in [1.29, 1.82) is 0 Å². The van der Waals surface area contributed by atoms with Crippen LogP contribution in [0.25, 0.3) is 17.2 Å². The zero-order chi connectivity index (χ0) is 27.6. The van der Waals surface area contributed by atoms with Crippen LogP contribution in [0.3, 0.4) is 0 Å². The van der Waals surface area contributed by atoms with Gasteiger partial charge in [-0.3, -0.25) is 4.79 Å². The third-order valence-electron chi connectivity index (χ3n) is 6.86. The Kier molecular flexibility index (Phi) is 7.93. The van der Waals surface area contributed by atoms with Crippen molar-refractivity contribution in [1.82, 2.24) is 0 Å². The van der Waals surface area contributed by atoms with Crippen molar-refractivity contribution in [2.45, 2.75) is 43.1 Å². The van der Waals surface area contributed by atoms with Crippen molar-refractivity contribution >= 4 is 49.2 Å². The molecule has 7 nitrogen and oxygen atoms in total. The molecule has 2 heterocycles. The van der Waals surface area contributed by atoms with E-state index in [9.17, 15) is 18.3 Å². The van der Waals surface area contributed by atoms with Crippen LogP contribution >= 0.6 is 15.9 Å². The fraction of sp³-hybridized carbons (Fsp3) is 0.233. The summed E-state index contributed by atoms with van der Waals surface area (Å²) in [5, 5.41) is 17.7. The minimum atomic E-state index is -4.01. The maximum atomic E-state index is 13.4. The molecule has 0 radical (unpaired) electrons. The molecule has 3 aromatic carbocycles. The first-order valence-electron chi connectivity index (χ1n) is 12.6. The van der Waals surface area contributed by atoms with Gasteiger partial charge < -0.3 is 19.1 Å². The van der Waals surface area contributed by atoms with Crippen molar-refractivity contribution in [3.63, 3.8) is 0 Å². The number of hydrogen-bond acceptors (Lipinski definition) is 6. The van der Waals surface area contributed by atoms with Gasteiger partial charge in [0.1, 0.15) is 22.9 Å². The fourth-order valence-corrected chi connectivity index (χ4v) is 6.72. The molecular formula is C30H27BrO7S. The number of carboxylic acids is 1. The Bertz CT molecular complexity index is 1510. The molecular weight excluding hydrogens is 584 g/mol. The number of carbonyl (C=O) groups is 1. The number of phenols is 1. The van der Waals surface area contributed by atoms with E-state index >= 15 is 0 Å². The van der Waals surface area contributed by atoms with Crippen LogP contribution in [0.1, 0.15) is 42.4 Å². The first-order chi connectivity index (χ1) is 18.7. The van der Waals surface area contributed by atoms with Gasteiger partial charge in [-0.15, -0.1) is 0 Å². The Morgan fingerprint density at radius 3 is 2.28 bits per heavy atom. The number of carboxylic acid groups (broad SMARTS) is 1. The molecule has 0 aliphatic carbocycles. The van der Waals surface area contributed by atoms with E-state index in [4.69, 9.17) is 14.0 Å². The number of aromatic hydroxyl groups is 1. The van der Waals surface area contributed by atoms with E-state index in [1.54, 1.807) is 36.4 Å². The van der Waals surface area contributed by atoms with Gasteiger partial charge in [0.05, 0.1) is 6.10 Å². The molecule has 3 aromatic rings. The Hall–Kier alpha value is -3.40. The molecule has 9 heteroatoms. The van der Waals surface area contributed by atoms with Gasteiger partial charge in [0, 0.05) is 17.3 Å². The molecule has 5 rings (SSSR count). The highest BCUT2D eigenvalue weighted by molar-refractivity contribution is 9.10. The van der Waals surface area contributed by atoms with Crippen LogP contribution in [0.15, 0.2) is 83.3 Å². The molecule has 0 spiro atoms. The second-order valence-electron chi connectivity index (χ2n) is 9.53. The van der Waals surface area contributed by atoms with Crippen molar-refractivity contribution in [3.05, 3.63) is 100 Å². The van der Waals surface area contributed by atoms with E-state index in [1.165, 1.54) is 0 Å². The first-order valence-corrected chi connectivity index (χ1v) is 14.8. The Labute approximate surface area is 235 Å². The zero-order valence-corrected chi connectivity index (χ0v) is 23.3. The number of unbranched alkanes of at least 4 members (excludes halogenated alkanes) is 1. The van der Waals surface area contributed by atoms with E-state index in [-0.39, 0.29) is 24.3 Å². The highest BCUT2D eigenvalue weighted by Gasteiger charge is 2.53. The van der Waals surface area contributed by atoms with E-state index in [0.717, 1.165) is 32.3 Å². The summed E-state index contributed by atoms with van der Waals surface area (Å²) in [6.07, 6.45) is 4.38. The number of allylic oxidation sites excluding steroid dienone is 1. The summed E-state index contributed by atoms with van der Waals surface area (Å²) in [6.45, 7) is 0. The Morgan fingerprint density at radius 1 is 0.974 bits per heavy atom. The molecule has 0 amide bonds. The Morgan fingerprint density at radius 2 is 1.62 bits per heavy atom. The lowest BCUT2D eigenvalue weighted by Crippen LogP contribution is -2.35. The van der Waals surface area contributed by atoms with Crippen LogP contribution in [-0.4, -0.2) is 42.1 Å². The number of hydrogen-bond donors (Lipinski definition) is 2. The van der Waals surface area contributed by atoms with Crippen LogP contribution in [0.5, 0.6) is 11.5 Å². The number of phenolic OH excluding ortho intramolecular Hbond substituents is 1. The SMILES string of the molecule is O=C(O)CCCC=Cc1ccc(C2=C(c3ccc(O)cc3)[C@@H]3C[C@H](S(=O)(=O)Oc4ccc(Br)cc4)[C@H]2O3)cc1. The molecule has 0 saturated carbocycles. The molecule has 39 heavy (non-hydrogen) atoms. The van der Waals surface area contributed by atoms with Gasteiger partial charge in [0.15, 0.2) is 0 Å². The number of halogens is 1. The van der Waals surface area contributed by atoms with Crippen molar-refractivity contribution in [2.24, 2.45) is 0 Å². The molecule has 3 atom stereocenters. The maximum absolute atomic E-state index is 13.4. The monoisotopic (exact) mass is 610 g/mol. The van der Waals surface area contributed by atoms with Crippen LogP contribution in [0, 0.1) is 0 Å². The molecule has 202 valence electrons. The van der Waals surface area contributed by atoms with E-state index in [2.05, 4.69) is 15.9 Å².